The van der Waals surface area contributed by atoms with Gasteiger partial charge in [-0.2, -0.15) is 0 Å². The fraction of sp³-hybridized carbons (Fsp3) is 0.312. The summed E-state index contributed by atoms with van der Waals surface area (Å²) < 4.78 is 6.41. The molecule has 1 aliphatic rings. The van der Waals surface area contributed by atoms with Gasteiger partial charge >= 0.3 is 0 Å². The average molecular weight is 327 g/mol. The summed E-state index contributed by atoms with van der Waals surface area (Å²) in [6.45, 7) is 3.70. The zero-order valence-corrected chi connectivity index (χ0v) is 13.7. The molecule has 0 amide bonds. The Morgan fingerprint density at radius 3 is 2.61 bits per heavy atom. The number of aromatic nitrogens is 3. The van der Waals surface area contributed by atoms with Crippen LogP contribution in [0, 0.1) is 0 Å². The van der Waals surface area contributed by atoms with Gasteiger partial charge in [0.05, 0.1) is 17.3 Å². The quantitative estimate of drug-likeness (QED) is 0.736. The molecule has 1 saturated heterocycles. The summed E-state index contributed by atoms with van der Waals surface area (Å²) in [5.41, 5.74) is 1.08. The summed E-state index contributed by atoms with van der Waals surface area (Å²) in [6, 6.07) is 10.2. The van der Waals surface area contributed by atoms with Crippen molar-refractivity contribution in [2.24, 2.45) is 0 Å². The number of hydrogen-bond acceptors (Lipinski definition) is 7. The van der Waals surface area contributed by atoms with E-state index in [1.807, 2.05) is 12.1 Å². The van der Waals surface area contributed by atoms with Crippen molar-refractivity contribution in [3.8, 4) is 5.88 Å². The van der Waals surface area contributed by atoms with Gasteiger partial charge in [0, 0.05) is 32.2 Å². The van der Waals surface area contributed by atoms with Crippen molar-refractivity contribution in [3.05, 3.63) is 36.7 Å². The molecule has 0 N–H and O–H groups in total. The van der Waals surface area contributed by atoms with Crippen LogP contribution < -0.4 is 14.5 Å². The maximum atomic E-state index is 5.17. The summed E-state index contributed by atoms with van der Waals surface area (Å²) in [4.78, 5) is 17.8. The monoisotopic (exact) mass is 327 g/mol. The van der Waals surface area contributed by atoms with E-state index in [0.29, 0.717) is 5.88 Å². The van der Waals surface area contributed by atoms with Crippen LogP contribution in [0.3, 0.4) is 0 Å². The van der Waals surface area contributed by atoms with Crippen LogP contribution in [0.25, 0.3) is 10.2 Å². The Balaban J connectivity index is 1.48. The first kappa shape index (κ1) is 14.2. The Bertz CT molecular complexity index is 780. The minimum Gasteiger partial charge on any atom is -0.481 e. The number of hydrogen-bond donors (Lipinski definition) is 0. The van der Waals surface area contributed by atoms with Crippen LogP contribution in [0.2, 0.25) is 0 Å². The number of ether oxygens (including phenoxy) is 1. The van der Waals surface area contributed by atoms with Crippen LogP contribution in [0.5, 0.6) is 5.88 Å². The summed E-state index contributed by atoms with van der Waals surface area (Å²) in [5, 5.41) is 1.10. The predicted octanol–water partition coefficient (Wildman–Crippen LogP) is 2.42. The molecular weight excluding hydrogens is 310 g/mol. The number of fused-ring (bicyclic) bond motifs is 1. The van der Waals surface area contributed by atoms with E-state index in [9.17, 15) is 0 Å². The molecule has 0 aliphatic carbocycles. The van der Waals surface area contributed by atoms with E-state index in [0.717, 1.165) is 42.6 Å². The highest BCUT2D eigenvalue weighted by Gasteiger charge is 2.21. The van der Waals surface area contributed by atoms with Gasteiger partial charge in [0.1, 0.15) is 12.1 Å². The first-order valence-electron chi connectivity index (χ1n) is 7.55. The van der Waals surface area contributed by atoms with Gasteiger partial charge < -0.3 is 14.5 Å². The van der Waals surface area contributed by atoms with Crippen LogP contribution >= 0.6 is 11.3 Å². The molecule has 6 nitrogen and oxygen atoms in total. The van der Waals surface area contributed by atoms with E-state index in [4.69, 9.17) is 9.72 Å². The van der Waals surface area contributed by atoms with Gasteiger partial charge in [0.15, 0.2) is 5.13 Å². The highest BCUT2D eigenvalue weighted by molar-refractivity contribution is 7.22. The van der Waals surface area contributed by atoms with Crippen LogP contribution in [-0.2, 0) is 0 Å². The first-order valence-corrected chi connectivity index (χ1v) is 8.36. The SMILES string of the molecule is COc1cc(N2CCN(c3nc4ccccc4s3)CC2)ncn1. The Labute approximate surface area is 138 Å². The third-order valence-electron chi connectivity index (χ3n) is 3.99. The number of benzene rings is 1. The zero-order valence-electron chi connectivity index (χ0n) is 12.8. The van der Waals surface area contributed by atoms with Crippen molar-refractivity contribution in [1.82, 2.24) is 15.0 Å². The molecule has 0 bridgehead atoms. The number of para-hydroxylation sites is 1. The number of methoxy groups -OCH3 is 1. The summed E-state index contributed by atoms with van der Waals surface area (Å²) in [5.74, 6) is 1.52. The van der Waals surface area contributed by atoms with Crippen LogP contribution in [0.1, 0.15) is 0 Å². The summed E-state index contributed by atoms with van der Waals surface area (Å²) in [7, 11) is 1.62. The van der Waals surface area contributed by atoms with E-state index in [2.05, 4.69) is 38.0 Å². The minimum atomic E-state index is 0.601. The molecule has 118 valence electrons. The standard InChI is InChI=1S/C16H17N5OS/c1-22-15-10-14(17-11-18-15)20-6-8-21(9-7-20)16-19-12-4-2-3-5-13(12)23-16/h2-5,10-11H,6-9H2,1H3. The van der Waals surface area contributed by atoms with Gasteiger partial charge in [-0.3, -0.25) is 0 Å². The van der Waals surface area contributed by atoms with Crippen LogP contribution in [0.15, 0.2) is 36.7 Å². The molecule has 0 atom stereocenters. The predicted molar refractivity (Wildman–Crippen MR) is 92.6 cm³/mol. The third-order valence-corrected chi connectivity index (χ3v) is 5.09. The lowest BCUT2D eigenvalue weighted by Crippen LogP contribution is -2.46. The van der Waals surface area contributed by atoms with Crippen molar-refractivity contribution in [2.45, 2.75) is 0 Å². The molecule has 1 aliphatic heterocycles. The molecule has 1 aromatic carbocycles. The van der Waals surface area contributed by atoms with Gasteiger partial charge in [0.2, 0.25) is 5.88 Å². The van der Waals surface area contributed by atoms with E-state index >= 15 is 0 Å². The fourth-order valence-electron chi connectivity index (χ4n) is 2.74. The second kappa shape index (κ2) is 6.00. The number of anilines is 2. The zero-order chi connectivity index (χ0) is 15.6. The second-order valence-electron chi connectivity index (χ2n) is 5.36. The molecule has 0 spiro atoms. The van der Waals surface area contributed by atoms with Gasteiger partial charge in [-0.05, 0) is 12.1 Å². The summed E-state index contributed by atoms with van der Waals surface area (Å²) in [6.07, 6.45) is 1.55. The number of rotatable bonds is 3. The van der Waals surface area contributed by atoms with Gasteiger partial charge in [-0.1, -0.05) is 23.5 Å². The molecule has 0 saturated carbocycles. The molecule has 3 heterocycles. The Hall–Kier alpha value is -2.41. The molecule has 0 unspecified atom stereocenters. The van der Waals surface area contributed by atoms with Gasteiger partial charge in [-0.25, -0.2) is 15.0 Å². The van der Waals surface area contributed by atoms with Crippen molar-refractivity contribution in [3.63, 3.8) is 0 Å². The number of thiazole rings is 1. The largest absolute Gasteiger partial charge is 0.481 e. The molecule has 23 heavy (non-hydrogen) atoms. The van der Waals surface area contributed by atoms with Crippen LogP contribution in [-0.4, -0.2) is 48.2 Å². The molecular formula is C16H17N5OS. The molecule has 1 fully saturated rings. The maximum Gasteiger partial charge on any atom is 0.218 e. The van der Waals surface area contributed by atoms with E-state index < -0.39 is 0 Å². The molecule has 3 aromatic rings. The lowest BCUT2D eigenvalue weighted by atomic mass is 10.3. The summed E-state index contributed by atoms with van der Waals surface area (Å²) >= 11 is 1.76. The van der Waals surface area contributed by atoms with Crippen molar-refractivity contribution in [2.75, 3.05) is 43.1 Å². The lowest BCUT2D eigenvalue weighted by molar-refractivity contribution is 0.396. The highest BCUT2D eigenvalue weighted by Crippen LogP contribution is 2.29. The number of nitrogens with zero attached hydrogens (tertiary/aromatic N) is 5. The third kappa shape index (κ3) is 2.79. The highest BCUT2D eigenvalue weighted by atomic mass is 32.1. The van der Waals surface area contributed by atoms with Crippen LogP contribution in [0.4, 0.5) is 10.9 Å². The van der Waals surface area contributed by atoms with Gasteiger partial charge in [0.25, 0.3) is 0 Å². The topological polar surface area (TPSA) is 54.4 Å². The van der Waals surface area contributed by atoms with Crippen molar-refractivity contribution < 1.29 is 4.74 Å². The second-order valence-corrected chi connectivity index (χ2v) is 6.37. The van der Waals surface area contributed by atoms with E-state index in [-0.39, 0.29) is 0 Å². The molecule has 4 rings (SSSR count). The Morgan fingerprint density at radius 2 is 1.83 bits per heavy atom. The minimum absolute atomic E-state index is 0.601. The molecule has 2 aromatic heterocycles. The Morgan fingerprint density at radius 1 is 1.04 bits per heavy atom. The van der Waals surface area contributed by atoms with E-state index in [1.165, 1.54) is 4.70 Å². The Kier molecular flexibility index (Phi) is 3.70. The van der Waals surface area contributed by atoms with E-state index in [1.54, 1.807) is 24.8 Å². The number of piperazine rings is 1. The van der Waals surface area contributed by atoms with Crippen molar-refractivity contribution in [1.29, 1.82) is 0 Å². The lowest BCUT2D eigenvalue weighted by Gasteiger charge is -2.35. The van der Waals surface area contributed by atoms with Gasteiger partial charge in [-0.15, -0.1) is 0 Å². The van der Waals surface area contributed by atoms with Crippen molar-refractivity contribution >= 4 is 32.5 Å². The normalized spacial score (nSPS) is 15.2. The smallest absolute Gasteiger partial charge is 0.218 e. The molecule has 7 heteroatoms. The molecule has 0 radical (unpaired) electrons. The fourth-order valence-corrected chi connectivity index (χ4v) is 3.75. The average Bonchev–Trinajstić information content (AvgIpc) is 3.06. The maximum absolute atomic E-state index is 5.17. The first-order chi connectivity index (χ1) is 11.3.